The Morgan fingerprint density at radius 3 is 2.76 bits per heavy atom. The molecule has 4 nitrogen and oxygen atoms in total. The van der Waals surface area contributed by atoms with E-state index in [9.17, 15) is 14.3 Å². The standard InChI is InChI=1S/C16H15FN2O2/c17-13-5-3-11(4-6-13)12-7-9-19(10-12)16(21)15-14(20)2-1-8-18-15/h1-6,8,12,20H,7,9-10H2/t12-/m0/s1. The number of halogens is 1. The minimum absolute atomic E-state index is 0.0808. The average Bonchev–Trinajstić information content (AvgIpc) is 2.98. The molecule has 1 amide bonds. The molecule has 0 aliphatic carbocycles. The van der Waals surface area contributed by atoms with Crippen LogP contribution in [-0.2, 0) is 0 Å². The number of likely N-dealkylation sites (tertiary alicyclic amines) is 1. The zero-order valence-electron chi connectivity index (χ0n) is 11.4. The van der Waals surface area contributed by atoms with E-state index in [2.05, 4.69) is 4.98 Å². The summed E-state index contributed by atoms with van der Waals surface area (Å²) in [5.41, 5.74) is 1.11. The molecule has 1 atom stereocenters. The van der Waals surface area contributed by atoms with Crippen molar-refractivity contribution in [2.75, 3.05) is 13.1 Å². The maximum Gasteiger partial charge on any atom is 0.276 e. The minimum Gasteiger partial charge on any atom is -0.505 e. The van der Waals surface area contributed by atoms with E-state index in [0.717, 1.165) is 12.0 Å². The first kappa shape index (κ1) is 13.5. The van der Waals surface area contributed by atoms with Crippen LogP contribution in [0.5, 0.6) is 5.75 Å². The number of amides is 1. The summed E-state index contributed by atoms with van der Waals surface area (Å²) in [5, 5.41) is 9.70. The monoisotopic (exact) mass is 286 g/mol. The lowest BCUT2D eigenvalue weighted by molar-refractivity contribution is 0.0781. The number of rotatable bonds is 2. The quantitative estimate of drug-likeness (QED) is 0.923. The van der Waals surface area contributed by atoms with Crippen LogP contribution in [0.15, 0.2) is 42.6 Å². The van der Waals surface area contributed by atoms with E-state index in [1.807, 2.05) is 0 Å². The first-order valence-electron chi connectivity index (χ1n) is 6.84. The zero-order valence-corrected chi connectivity index (χ0v) is 11.4. The van der Waals surface area contributed by atoms with Crippen LogP contribution < -0.4 is 0 Å². The van der Waals surface area contributed by atoms with Crippen LogP contribution >= 0.6 is 0 Å². The highest BCUT2D eigenvalue weighted by molar-refractivity contribution is 5.95. The van der Waals surface area contributed by atoms with Gasteiger partial charge in [-0.3, -0.25) is 4.79 Å². The lowest BCUT2D eigenvalue weighted by Gasteiger charge is -2.16. The van der Waals surface area contributed by atoms with Gasteiger partial charge in [-0.2, -0.15) is 0 Å². The topological polar surface area (TPSA) is 53.4 Å². The smallest absolute Gasteiger partial charge is 0.276 e. The van der Waals surface area contributed by atoms with Crippen molar-refractivity contribution in [1.29, 1.82) is 0 Å². The number of hydrogen-bond donors (Lipinski definition) is 1. The molecular weight excluding hydrogens is 271 g/mol. The van der Waals surface area contributed by atoms with E-state index in [4.69, 9.17) is 0 Å². The summed E-state index contributed by atoms with van der Waals surface area (Å²) in [5.74, 6) is -0.436. The van der Waals surface area contributed by atoms with Crippen LogP contribution in [0.2, 0.25) is 0 Å². The second kappa shape index (κ2) is 5.52. The van der Waals surface area contributed by atoms with Crippen molar-refractivity contribution in [2.24, 2.45) is 0 Å². The Bertz CT molecular complexity index is 658. The van der Waals surface area contributed by atoms with Gasteiger partial charge in [0.1, 0.15) is 11.6 Å². The Hall–Kier alpha value is -2.43. The predicted molar refractivity (Wildman–Crippen MR) is 75.6 cm³/mol. The molecule has 1 saturated heterocycles. The van der Waals surface area contributed by atoms with Gasteiger partial charge < -0.3 is 10.0 Å². The van der Waals surface area contributed by atoms with Gasteiger partial charge in [-0.1, -0.05) is 12.1 Å². The van der Waals surface area contributed by atoms with Crippen LogP contribution in [0.1, 0.15) is 28.4 Å². The maximum atomic E-state index is 12.9. The van der Waals surface area contributed by atoms with Crippen molar-refractivity contribution in [3.8, 4) is 5.75 Å². The van der Waals surface area contributed by atoms with Gasteiger partial charge in [0.2, 0.25) is 0 Å². The number of carbonyl (C=O) groups excluding carboxylic acids is 1. The van der Waals surface area contributed by atoms with E-state index < -0.39 is 0 Å². The third-order valence-corrected chi connectivity index (χ3v) is 3.81. The van der Waals surface area contributed by atoms with Crippen LogP contribution in [-0.4, -0.2) is 34.0 Å². The van der Waals surface area contributed by atoms with Gasteiger partial charge in [0.25, 0.3) is 5.91 Å². The molecule has 21 heavy (non-hydrogen) atoms. The lowest BCUT2D eigenvalue weighted by atomic mass is 9.99. The molecule has 1 aromatic carbocycles. The van der Waals surface area contributed by atoms with Gasteiger partial charge in [0, 0.05) is 25.2 Å². The summed E-state index contributed by atoms with van der Waals surface area (Å²) in [4.78, 5) is 18.0. The van der Waals surface area contributed by atoms with E-state index in [1.165, 1.54) is 24.4 Å². The maximum absolute atomic E-state index is 12.9. The number of nitrogens with zero attached hydrogens (tertiary/aromatic N) is 2. The molecule has 1 N–H and O–H groups in total. The molecule has 0 radical (unpaired) electrons. The summed E-state index contributed by atoms with van der Waals surface area (Å²) in [6, 6.07) is 9.42. The molecule has 0 saturated carbocycles. The predicted octanol–water partition coefficient (Wildman–Crippen LogP) is 2.56. The van der Waals surface area contributed by atoms with Crippen molar-refractivity contribution in [2.45, 2.75) is 12.3 Å². The van der Waals surface area contributed by atoms with Crippen molar-refractivity contribution in [1.82, 2.24) is 9.88 Å². The average molecular weight is 286 g/mol. The number of aromatic hydroxyl groups is 1. The molecule has 3 rings (SSSR count). The lowest BCUT2D eigenvalue weighted by Crippen LogP contribution is -2.29. The van der Waals surface area contributed by atoms with Crippen LogP contribution in [0.25, 0.3) is 0 Å². The number of benzene rings is 1. The number of hydrogen-bond acceptors (Lipinski definition) is 3. The molecule has 2 heterocycles. The fraction of sp³-hybridized carbons (Fsp3) is 0.250. The fourth-order valence-corrected chi connectivity index (χ4v) is 2.66. The SMILES string of the molecule is O=C(c1ncccc1O)N1CC[C@H](c2ccc(F)cc2)C1. The highest BCUT2D eigenvalue weighted by atomic mass is 19.1. The molecule has 1 fully saturated rings. The van der Waals surface area contributed by atoms with E-state index in [0.29, 0.717) is 13.1 Å². The van der Waals surface area contributed by atoms with E-state index in [-0.39, 0.29) is 29.1 Å². The van der Waals surface area contributed by atoms with Crippen molar-refractivity contribution < 1.29 is 14.3 Å². The molecule has 5 heteroatoms. The van der Waals surface area contributed by atoms with E-state index in [1.54, 1.807) is 23.1 Å². The van der Waals surface area contributed by atoms with Crippen LogP contribution in [0.3, 0.4) is 0 Å². The highest BCUT2D eigenvalue weighted by Crippen LogP contribution is 2.29. The first-order valence-corrected chi connectivity index (χ1v) is 6.84. The number of carbonyl (C=O) groups is 1. The summed E-state index contributed by atoms with van der Waals surface area (Å²) >= 11 is 0. The fourth-order valence-electron chi connectivity index (χ4n) is 2.66. The molecule has 0 unspecified atom stereocenters. The summed E-state index contributed by atoms with van der Waals surface area (Å²) in [7, 11) is 0. The Kier molecular flexibility index (Phi) is 3.56. The Labute approximate surface area is 121 Å². The van der Waals surface area contributed by atoms with Gasteiger partial charge >= 0.3 is 0 Å². The Balaban J connectivity index is 1.74. The summed E-state index contributed by atoms with van der Waals surface area (Å²) in [6.07, 6.45) is 2.31. The van der Waals surface area contributed by atoms with Gasteiger partial charge in [-0.25, -0.2) is 9.37 Å². The second-order valence-corrected chi connectivity index (χ2v) is 5.16. The second-order valence-electron chi connectivity index (χ2n) is 5.16. The molecular formula is C16H15FN2O2. The van der Waals surface area contributed by atoms with Crippen LogP contribution in [0.4, 0.5) is 4.39 Å². The number of pyridine rings is 1. The largest absolute Gasteiger partial charge is 0.505 e. The van der Waals surface area contributed by atoms with Gasteiger partial charge in [0.15, 0.2) is 5.69 Å². The first-order chi connectivity index (χ1) is 10.1. The highest BCUT2D eigenvalue weighted by Gasteiger charge is 2.29. The Morgan fingerprint density at radius 2 is 2.05 bits per heavy atom. The van der Waals surface area contributed by atoms with Crippen molar-refractivity contribution in [3.63, 3.8) is 0 Å². The van der Waals surface area contributed by atoms with Gasteiger partial charge in [0.05, 0.1) is 0 Å². The van der Waals surface area contributed by atoms with Gasteiger partial charge in [-0.15, -0.1) is 0 Å². The van der Waals surface area contributed by atoms with Crippen molar-refractivity contribution >= 4 is 5.91 Å². The molecule has 1 aliphatic rings. The summed E-state index contributed by atoms with van der Waals surface area (Å²) in [6.45, 7) is 1.16. The molecule has 108 valence electrons. The van der Waals surface area contributed by atoms with Crippen LogP contribution in [0, 0.1) is 5.82 Å². The molecule has 1 aliphatic heterocycles. The molecule has 0 spiro atoms. The van der Waals surface area contributed by atoms with Crippen molar-refractivity contribution in [3.05, 3.63) is 59.7 Å². The minimum atomic E-state index is -0.266. The Morgan fingerprint density at radius 1 is 1.29 bits per heavy atom. The van der Waals surface area contributed by atoms with E-state index >= 15 is 0 Å². The zero-order chi connectivity index (χ0) is 14.8. The molecule has 0 bridgehead atoms. The molecule has 2 aromatic rings. The summed E-state index contributed by atoms with van der Waals surface area (Å²) < 4.78 is 12.9. The third-order valence-electron chi connectivity index (χ3n) is 3.81. The molecule has 1 aromatic heterocycles. The normalized spacial score (nSPS) is 18.0. The number of aromatic nitrogens is 1. The third kappa shape index (κ3) is 2.72. The van der Waals surface area contributed by atoms with Gasteiger partial charge in [-0.05, 0) is 36.2 Å².